The number of methoxy groups -OCH3 is 1. The quantitative estimate of drug-likeness (QED) is 0.868. The first-order chi connectivity index (χ1) is 8.78. The van der Waals surface area contributed by atoms with Crippen molar-refractivity contribution in [1.29, 1.82) is 0 Å². The number of rotatable bonds is 5. The molecule has 0 aromatic carbocycles. The Balaban J connectivity index is 1.71. The number of pyridine rings is 1. The lowest BCUT2D eigenvalue weighted by Gasteiger charge is -2.30. The first-order valence-corrected chi connectivity index (χ1v) is 6.75. The van der Waals surface area contributed by atoms with Gasteiger partial charge >= 0.3 is 0 Å². The number of ether oxygens (including phenoxy) is 1. The van der Waals surface area contributed by atoms with Crippen molar-refractivity contribution in [2.24, 2.45) is 5.92 Å². The molecular weight excluding hydrogens is 226 g/mol. The molecule has 0 saturated carbocycles. The number of nitrogens with zero attached hydrogens (tertiary/aromatic N) is 2. The summed E-state index contributed by atoms with van der Waals surface area (Å²) in [6, 6.07) is 5.79. The summed E-state index contributed by atoms with van der Waals surface area (Å²) in [7, 11) is 1.64. The van der Waals surface area contributed by atoms with Crippen molar-refractivity contribution in [2.45, 2.75) is 19.8 Å². The molecule has 4 heteroatoms. The Morgan fingerprint density at radius 2 is 2.17 bits per heavy atom. The van der Waals surface area contributed by atoms with Gasteiger partial charge in [0.15, 0.2) is 0 Å². The van der Waals surface area contributed by atoms with Crippen LogP contribution in [0.3, 0.4) is 0 Å². The summed E-state index contributed by atoms with van der Waals surface area (Å²) < 4.78 is 5.10. The van der Waals surface area contributed by atoms with E-state index in [4.69, 9.17) is 4.74 Å². The van der Waals surface area contributed by atoms with Gasteiger partial charge in [0.05, 0.1) is 7.11 Å². The van der Waals surface area contributed by atoms with E-state index in [1.807, 2.05) is 18.2 Å². The zero-order valence-corrected chi connectivity index (χ0v) is 11.4. The predicted molar refractivity (Wildman–Crippen MR) is 74.1 cm³/mol. The first-order valence-electron chi connectivity index (χ1n) is 6.75. The van der Waals surface area contributed by atoms with Gasteiger partial charge in [-0.2, -0.15) is 4.98 Å². The van der Waals surface area contributed by atoms with Crippen LogP contribution in [0.4, 0.5) is 5.82 Å². The minimum atomic E-state index is 0.659. The van der Waals surface area contributed by atoms with Crippen LogP contribution in [0.1, 0.15) is 19.8 Å². The fourth-order valence-electron chi connectivity index (χ4n) is 2.25. The highest BCUT2D eigenvalue weighted by Gasteiger charge is 2.14. The van der Waals surface area contributed by atoms with Gasteiger partial charge in [0.2, 0.25) is 5.88 Å². The summed E-state index contributed by atoms with van der Waals surface area (Å²) in [4.78, 5) is 6.86. The van der Waals surface area contributed by atoms with E-state index >= 15 is 0 Å². The molecule has 2 heterocycles. The minimum absolute atomic E-state index is 0.659. The van der Waals surface area contributed by atoms with Crippen molar-refractivity contribution in [3.8, 4) is 5.88 Å². The van der Waals surface area contributed by atoms with Gasteiger partial charge in [-0.15, -0.1) is 0 Å². The molecule has 1 N–H and O–H groups in total. The third kappa shape index (κ3) is 3.88. The Labute approximate surface area is 109 Å². The zero-order valence-electron chi connectivity index (χ0n) is 11.4. The van der Waals surface area contributed by atoms with Crippen molar-refractivity contribution in [3.05, 3.63) is 18.2 Å². The Kier molecular flexibility index (Phi) is 4.81. The largest absolute Gasteiger partial charge is 0.481 e. The molecule has 4 nitrogen and oxygen atoms in total. The summed E-state index contributed by atoms with van der Waals surface area (Å²) in [6.07, 6.45) is 2.66. The maximum absolute atomic E-state index is 5.10. The van der Waals surface area contributed by atoms with Gasteiger partial charge in [-0.25, -0.2) is 0 Å². The number of likely N-dealkylation sites (tertiary alicyclic amines) is 1. The van der Waals surface area contributed by atoms with E-state index in [0.29, 0.717) is 5.88 Å². The third-order valence-electron chi connectivity index (χ3n) is 3.54. The smallest absolute Gasteiger partial charge is 0.214 e. The standard InChI is InChI=1S/C14H23N3O/c1-12-6-9-17(10-7-12)11-8-15-13-4-3-5-14(16-13)18-2/h3-5,12H,6-11H2,1-2H3,(H,15,16). The number of hydrogen-bond acceptors (Lipinski definition) is 4. The van der Waals surface area contributed by atoms with Crippen molar-refractivity contribution in [2.75, 3.05) is 38.6 Å². The van der Waals surface area contributed by atoms with E-state index in [1.54, 1.807) is 7.11 Å². The average Bonchev–Trinajstić information content (AvgIpc) is 2.41. The van der Waals surface area contributed by atoms with Crippen molar-refractivity contribution in [3.63, 3.8) is 0 Å². The monoisotopic (exact) mass is 249 g/mol. The Morgan fingerprint density at radius 1 is 1.39 bits per heavy atom. The Morgan fingerprint density at radius 3 is 2.89 bits per heavy atom. The molecule has 0 unspecified atom stereocenters. The lowest BCUT2D eigenvalue weighted by molar-refractivity contribution is 0.199. The van der Waals surface area contributed by atoms with E-state index in [9.17, 15) is 0 Å². The lowest BCUT2D eigenvalue weighted by atomic mass is 9.99. The van der Waals surface area contributed by atoms with Crippen LogP contribution < -0.4 is 10.1 Å². The van der Waals surface area contributed by atoms with Crippen LogP contribution in [0.15, 0.2) is 18.2 Å². The molecule has 0 amide bonds. The molecule has 0 radical (unpaired) electrons. The fraction of sp³-hybridized carbons (Fsp3) is 0.643. The lowest BCUT2D eigenvalue weighted by Crippen LogP contribution is -2.36. The van der Waals surface area contributed by atoms with Gasteiger partial charge in [0, 0.05) is 19.2 Å². The number of anilines is 1. The number of nitrogens with one attached hydrogen (secondary N) is 1. The van der Waals surface area contributed by atoms with Crippen LogP contribution in [0, 0.1) is 5.92 Å². The van der Waals surface area contributed by atoms with Gasteiger partial charge < -0.3 is 15.0 Å². The van der Waals surface area contributed by atoms with Crippen LogP contribution in [-0.2, 0) is 0 Å². The average molecular weight is 249 g/mol. The Bertz CT molecular complexity index is 362. The van der Waals surface area contributed by atoms with Crippen molar-refractivity contribution < 1.29 is 4.74 Å². The number of aromatic nitrogens is 1. The highest BCUT2D eigenvalue weighted by Crippen LogP contribution is 2.15. The maximum Gasteiger partial charge on any atom is 0.214 e. The molecule has 0 atom stereocenters. The molecule has 1 fully saturated rings. The zero-order chi connectivity index (χ0) is 12.8. The van der Waals surface area contributed by atoms with E-state index in [2.05, 4.69) is 22.1 Å². The van der Waals surface area contributed by atoms with E-state index in [1.165, 1.54) is 25.9 Å². The van der Waals surface area contributed by atoms with Gasteiger partial charge in [-0.1, -0.05) is 13.0 Å². The second kappa shape index (κ2) is 6.59. The second-order valence-corrected chi connectivity index (χ2v) is 5.02. The van der Waals surface area contributed by atoms with Crippen LogP contribution in [0.25, 0.3) is 0 Å². The molecule has 1 aromatic rings. The van der Waals surface area contributed by atoms with Crippen molar-refractivity contribution in [1.82, 2.24) is 9.88 Å². The van der Waals surface area contributed by atoms with Crippen LogP contribution >= 0.6 is 0 Å². The SMILES string of the molecule is COc1cccc(NCCN2CCC(C)CC2)n1. The molecule has 0 bridgehead atoms. The van der Waals surface area contributed by atoms with Gasteiger partial charge in [-0.05, 0) is 37.9 Å². The van der Waals surface area contributed by atoms with Crippen LogP contribution in [0.2, 0.25) is 0 Å². The second-order valence-electron chi connectivity index (χ2n) is 5.02. The molecule has 0 aliphatic carbocycles. The molecule has 1 aliphatic heterocycles. The fourth-order valence-corrected chi connectivity index (χ4v) is 2.25. The van der Waals surface area contributed by atoms with Crippen LogP contribution in [0.5, 0.6) is 5.88 Å². The van der Waals surface area contributed by atoms with Gasteiger partial charge in [-0.3, -0.25) is 0 Å². The van der Waals surface area contributed by atoms with Crippen molar-refractivity contribution >= 4 is 5.82 Å². The summed E-state index contributed by atoms with van der Waals surface area (Å²) in [5, 5.41) is 3.35. The summed E-state index contributed by atoms with van der Waals surface area (Å²) in [5.74, 6) is 2.45. The predicted octanol–water partition coefficient (Wildman–Crippen LogP) is 2.23. The summed E-state index contributed by atoms with van der Waals surface area (Å²) in [5.41, 5.74) is 0. The summed E-state index contributed by atoms with van der Waals surface area (Å²) >= 11 is 0. The molecule has 2 rings (SSSR count). The highest BCUT2D eigenvalue weighted by atomic mass is 16.5. The molecule has 1 aliphatic rings. The number of piperidine rings is 1. The topological polar surface area (TPSA) is 37.4 Å². The number of hydrogen-bond donors (Lipinski definition) is 1. The first kappa shape index (κ1) is 13.1. The third-order valence-corrected chi connectivity index (χ3v) is 3.54. The Hall–Kier alpha value is -1.29. The molecule has 1 aromatic heterocycles. The molecule has 1 saturated heterocycles. The van der Waals surface area contributed by atoms with Crippen LogP contribution in [-0.4, -0.2) is 43.2 Å². The molecule has 100 valence electrons. The highest BCUT2D eigenvalue weighted by molar-refractivity contribution is 5.36. The van der Waals surface area contributed by atoms with E-state index in [-0.39, 0.29) is 0 Å². The molecule has 18 heavy (non-hydrogen) atoms. The van der Waals surface area contributed by atoms with E-state index < -0.39 is 0 Å². The van der Waals surface area contributed by atoms with E-state index in [0.717, 1.165) is 24.8 Å². The van der Waals surface area contributed by atoms with Gasteiger partial charge in [0.25, 0.3) is 0 Å². The molecular formula is C14H23N3O. The normalized spacial score (nSPS) is 17.7. The molecule has 0 spiro atoms. The van der Waals surface area contributed by atoms with Gasteiger partial charge in [0.1, 0.15) is 5.82 Å². The maximum atomic E-state index is 5.10. The summed E-state index contributed by atoms with van der Waals surface area (Å²) in [6.45, 7) is 6.83. The minimum Gasteiger partial charge on any atom is -0.481 e.